The molecule has 0 spiro atoms. The fourth-order valence-electron chi connectivity index (χ4n) is 2.18. The SMILES string of the molecule is COc1c(C=O)cc(Br)c(C2(N=C=O)CC2)c1OC. The van der Waals surface area contributed by atoms with Crippen LogP contribution in [0, 0.1) is 0 Å². The third-order valence-electron chi connectivity index (χ3n) is 3.20. The second-order valence-electron chi connectivity index (χ2n) is 4.24. The maximum atomic E-state index is 11.1. The molecule has 1 aliphatic rings. The molecule has 0 N–H and O–H groups in total. The summed E-state index contributed by atoms with van der Waals surface area (Å²) < 4.78 is 11.3. The highest BCUT2D eigenvalue weighted by Crippen LogP contribution is 2.57. The van der Waals surface area contributed by atoms with E-state index in [4.69, 9.17) is 9.47 Å². The Hall–Kier alpha value is -1.65. The van der Waals surface area contributed by atoms with Crippen molar-refractivity contribution in [3.63, 3.8) is 0 Å². The smallest absolute Gasteiger partial charge is 0.235 e. The Morgan fingerprint density at radius 1 is 1.37 bits per heavy atom. The van der Waals surface area contributed by atoms with Crippen LogP contribution in [0.5, 0.6) is 11.5 Å². The molecule has 0 heterocycles. The molecule has 6 heteroatoms. The van der Waals surface area contributed by atoms with E-state index in [9.17, 15) is 9.59 Å². The molecule has 0 atom stereocenters. The molecule has 5 nitrogen and oxygen atoms in total. The molecule has 100 valence electrons. The van der Waals surface area contributed by atoms with Crippen LogP contribution in [-0.2, 0) is 10.3 Å². The second kappa shape index (κ2) is 5.15. The summed E-state index contributed by atoms with van der Waals surface area (Å²) in [6.45, 7) is 0. The lowest BCUT2D eigenvalue weighted by Gasteiger charge is -2.19. The minimum Gasteiger partial charge on any atom is -0.492 e. The summed E-state index contributed by atoms with van der Waals surface area (Å²) >= 11 is 3.40. The van der Waals surface area contributed by atoms with Crippen molar-refractivity contribution in [2.45, 2.75) is 18.4 Å². The molecular formula is C13H12BrNO4. The standard InChI is InChI=1S/C13H12BrNO4/c1-18-11-8(6-16)5-9(14)10(12(11)19-2)13(3-4-13)15-7-17/h5-6H,3-4H2,1-2H3. The average molecular weight is 326 g/mol. The first-order valence-electron chi connectivity index (χ1n) is 5.62. The highest BCUT2D eigenvalue weighted by molar-refractivity contribution is 9.10. The lowest BCUT2D eigenvalue weighted by atomic mass is 10.0. The molecule has 1 saturated carbocycles. The first-order chi connectivity index (χ1) is 9.13. The molecule has 0 saturated heterocycles. The first-order valence-corrected chi connectivity index (χ1v) is 6.42. The van der Waals surface area contributed by atoms with E-state index in [1.165, 1.54) is 14.2 Å². The molecule has 19 heavy (non-hydrogen) atoms. The number of halogens is 1. The number of hydrogen-bond acceptors (Lipinski definition) is 5. The quantitative estimate of drug-likeness (QED) is 0.474. The van der Waals surface area contributed by atoms with Gasteiger partial charge in [0, 0.05) is 10.0 Å². The Kier molecular flexibility index (Phi) is 3.73. The second-order valence-corrected chi connectivity index (χ2v) is 5.10. The van der Waals surface area contributed by atoms with Gasteiger partial charge in [-0.1, -0.05) is 15.9 Å². The van der Waals surface area contributed by atoms with E-state index in [0.717, 1.165) is 18.4 Å². The number of aldehydes is 1. The molecule has 0 radical (unpaired) electrons. The number of carbonyl (C=O) groups excluding carboxylic acids is 2. The maximum absolute atomic E-state index is 11.1. The van der Waals surface area contributed by atoms with Gasteiger partial charge in [-0.2, -0.15) is 4.99 Å². The summed E-state index contributed by atoms with van der Waals surface area (Å²) in [7, 11) is 2.95. The number of carbonyl (C=O) groups is 1. The van der Waals surface area contributed by atoms with Gasteiger partial charge in [-0.25, -0.2) is 4.79 Å². The lowest BCUT2D eigenvalue weighted by Crippen LogP contribution is -2.09. The summed E-state index contributed by atoms with van der Waals surface area (Å²) in [5, 5.41) is 0. The van der Waals surface area contributed by atoms with E-state index in [-0.39, 0.29) is 0 Å². The molecule has 0 aliphatic heterocycles. The molecule has 0 amide bonds. The zero-order valence-corrected chi connectivity index (χ0v) is 12.1. The van der Waals surface area contributed by atoms with E-state index < -0.39 is 5.54 Å². The van der Waals surface area contributed by atoms with Crippen LogP contribution in [0.2, 0.25) is 0 Å². The van der Waals surface area contributed by atoms with Crippen molar-refractivity contribution in [1.82, 2.24) is 0 Å². The highest BCUT2D eigenvalue weighted by atomic mass is 79.9. The van der Waals surface area contributed by atoms with Gasteiger partial charge in [0.25, 0.3) is 0 Å². The fraction of sp³-hybridized carbons (Fsp3) is 0.385. The molecule has 1 fully saturated rings. The molecular weight excluding hydrogens is 314 g/mol. The average Bonchev–Trinajstić information content (AvgIpc) is 3.17. The zero-order valence-electron chi connectivity index (χ0n) is 10.5. The summed E-state index contributed by atoms with van der Waals surface area (Å²) in [6.07, 6.45) is 3.77. The number of hydrogen-bond donors (Lipinski definition) is 0. The van der Waals surface area contributed by atoms with Gasteiger partial charge in [0.1, 0.15) is 5.54 Å². The van der Waals surface area contributed by atoms with Crippen molar-refractivity contribution < 1.29 is 19.1 Å². The summed E-state index contributed by atoms with van der Waals surface area (Å²) in [6, 6.07) is 1.64. The van der Waals surface area contributed by atoms with E-state index in [1.54, 1.807) is 12.1 Å². The van der Waals surface area contributed by atoms with E-state index >= 15 is 0 Å². The number of isocyanates is 1. The number of nitrogens with zero attached hydrogens (tertiary/aromatic N) is 1. The molecule has 0 unspecified atom stereocenters. The van der Waals surface area contributed by atoms with Crippen LogP contribution in [0.1, 0.15) is 28.8 Å². The van der Waals surface area contributed by atoms with Crippen molar-refractivity contribution >= 4 is 28.3 Å². The number of rotatable bonds is 5. The minimum absolute atomic E-state index is 0.350. The van der Waals surface area contributed by atoms with Crippen molar-refractivity contribution in [3.05, 3.63) is 21.7 Å². The Morgan fingerprint density at radius 3 is 2.42 bits per heavy atom. The number of aliphatic imine (C=N–C) groups is 1. The predicted molar refractivity (Wildman–Crippen MR) is 71.7 cm³/mol. The number of ether oxygens (including phenoxy) is 2. The molecule has 1 aliphatic carbocycles. The maximum Gasteiger partial charge on any atom is 0.235 e. The lowest BCUT2D eigenvalue weighted by molar-refractivity contribution is 0.111. The van der Waals surface area contributed by atoms with Crippen LogP contribution >= 0.6 is 15.9 Å². The number of methoxy groups -OCH3 is 2. The fourth-order valence-corrected chi connectivity index (χ4v) is 2.97. The monoisotopic (exact) mass is 325 g/mol. The predicted octanol–water partition coefficient (Wildman–Crippen LogP) is 2.60. The molecule has 2 rings (SSSR count). The van der Waals surface area contributed by atoms with E-state index in [0.29, 0.717) is 27.8 Å². The van der Waals surface area contributed by atoms with Gasteiger partial charge in [0.15, 0.2) is 17.8 Å². The van der Waals surface area contributed by atoms with Gasteiger partial charge in [0.2, 0.25) is 6.08 Å². The molecule has 1 aromatic carbocycles. The van der Waals surface area contributed by atoms with Gasteiger partial charge in [0.05, 0.1) is 19.8 Å². The van der Waals surface area contributed by atoms with Crippen LogP contribution < -0.4 is 9.47 Å². The normalized spacial score (nSPS) is 15.3. The third kappa shape index (κ3) is 2.17. The van der Waals surface area contributed by atoms with E-state index in [2.05, 4.69) is 20.9 Å². The Morgan fingerprint density at radius 2 is 2.00 bits per heavy atom. The topological polar surface area (TPSA) is 65.0 Å². The number of benzene rings is 1. The van der Waals surface area contributed by atoms with E-state index in [1.807, 2.05) is 0 Å². The highest BCUT2D eigenvalue weighted by Gasteiger charge is 2.49. The third-order valence-corrected chi connectivity index (χ3v) is 3.83. The van der Waals surface area contributed by atoms with Gasteiger partial charge in [-0.15, -0.1) is 0 Å². The zero-order chi connectivity index (χ0) is 14.0. The Bertz CT molecular complexity index is 574. The Labute approximate surface area is 118 Å². The van der Waals surface area contributed by atoms with Crippen LogP contribution in [-0.4, -0.2) is 26.6 Å². The van der Waals surface area contributed by atoms with Crippen molar-refractivity contribution in [1.29, 1.82) is 0 Å². The van der Waals surface area contributed by atoms with Gasteiger partial charge in [-0.3, -0.25) is 4.79 Å². The summed E-state index contributed by atoms with van der Waals surface area (Å²) in [5.41, 5.74) is 0.488. The van der Waals surface area contributed by atoms with Gasteiger partial charge in [-0.05, 0) is 18.9 Å². The van der Waals surface area contributed by atoms with Crippen LogP contribution in [0.3, 0.4) is 0 Å². The van der Waals surface area contributed by atoms with Gasteiger partial charge < -0.3 is 9.47 Å². The van der Waals surface area contributed by atoms with Crippen LogP contribution in [0.25, 0.3) is 0 Å². The molecule has 0 bridgehead atoms. The largest absolute Gasteiger partial charge is 0.492 e. The minimum atomic E-state index is -0.610. The molecule has 0 aromatic heterocycles. The van der Waals surface area contributed by atoms with Crippen molar-refractivity contribution in [3.8, 4) is 11.5 Å². The summed E-state index contributed by atoms with van der Waals surface area (Å²) in [5.74, 6) is 0.776. The van der Waals surface area contributed by atoms with Crippen LogP contribution in [0.15, 0.2) is 15.5 Å². The van der Waals surface area contributed by atoms with Gasteiger partial charge >= 0.3 is 0 Å². The first kappa shape index (κ1) is 13.8. The molecule has 1 aromatic rings. The van der Waals surface area contributed by atoms with Crippen molar-refractivity contribution in [2.24, 2.45) is 4.99 Å². The summed E-state index contributed by atoms with van der Waals surface area (Å²) in [4.78, 5) is 25.5. The van der Waals surface area contributed by atoms with Crippen LogP contribution in [0.4, 0.5) is 0 Å². The van der Waals surface area contributed by atoms with Crippen molar-refractivity contribution in [2.75, 3.05) is 14.2 Å². The Balaban J connectivity index is 2.74.